The fourth-order valence-electron chi connectivity index (χ4n) is 3.84. The van der Waals surface area contributed by atoms with Gasteiger partial charge in [0.15, 0.2) is 0 Å². The van der Waals surface area contributed by atoms with Crippen molar-refractivity contribution in [2.24, 2.45) is 0 Å². The van der Waals surface area contributed by atoms with Gasteiger partial charge in [-0.2, -0.15) is 0 Å². The zero-order valence-electron chi connectivity index (χ0n) is 16.5. The highest BCUT2D eigenvalue weighted by molar-refractivity contribution is 8.01. The van der Waals surface area contributed by atoms with E-state index in [4.69, 9.17) is 4.74 Å². The van der Waals surface area contributed by atoms with Crippen LogP contribution in [0, 0.1) is 0 Å². The molecule has 2 heterocycles. The van der Waals surface area contributed by atoms with Crippen LogP contribution in [0.25, 0.3) is 0 Å². The van der Waals surface area contributed by atoms with Crippen molar-refractivity contribution in [3.8, 4) is 5.75 Å². The molecular formula is C24H28N2OS. The molecule has 2 aromatic rings. The molecule has 0 unspecified atom stereocenters. The molecule has 0 aliphatic carbocycles. The van der Waals surface area contributed by atoms with Crippen molar-refractivity contribution < 1.29 is 4.74 Å². The molecule has 0 spiro atoms. The van der Waals surface area contributed by atoms with Gasteiger partial charge >= 0.3 is 0 Å². The normalized spacial score (nSPS) is 18.8. The monoisotopic (exact) mass is 392 g/mol. The number of para-hydroxylation sites is 1. The van der Waals surface area contributed by atoms with Crippen LogP contribution in [0.3, 0.4) is 0 Å². The highest BCUT2D eigenvalue weighted by Gasteiger charge is 2.19. The average Bonchev–Trinajstić information content (AvgIpc) is 3.28. The van der Waals surface area contributed by atoms with Gasteiger partial charge in [0.2, 0.25) is 0 Å². The van der Waals surface area contributed by atoms with E-state index in [0.717, 1.165) is 44.6 Å². The first-order valence-electron chi connectivity index (χ1n) is 10.1. The van der Waals surface area contributed by atoms with E-state index in [-0.39, 0.29) is 0 Å². The number of methoxy groups -OCH3 is 1. The van der Waals surface area contributed by atoms with E-state index in [0.29, 0.717) is 0 Å². The number of hydrogen-bond donors (Lipinski definition) is 1. The van der Waals surface area contributed by atoms with Gasteiger partial charge in [0.1, 0.15) is 5.75 Å². The standard InChI is InChI=1S/C24H28N2OS/c1-27-23-13-5-4-9-20(23)11-6-14-24(22-12-7-16-25-22)28-26-17-15-19-8-2-3-10-21(19)18-26/h2-6,8-10,13-14,25H,7,11-12,15-18H2,1H3/b14-6+,24-22+. The van der Waals surface area contributed by atoms with Crippen LogP contribution in [0.4, 0.5) is 0 Å². The Hall–Kier alpha value is -2.17. The summed E-state index contributed by atoms with van der Waals surface area (Å²) in [5, 5.41) is 3.59. The maximum Gasteiger partial charge on any atom is 0.122 e. The van der Waals surface area contributed by atoms with Gasteiger partial charge in [0.25, 0.3) is 0 Å². The van der Waals surface area contributed by atoms with Gasteiger partial charge in [-0.05, 0) is 66.5 Å². The second kappa shape index (κ2) is 9.35. The molecule has 0 saturated carbocycles. The molecule has 1 saturated heterocycles. The van der Waals surface area contributed by atoms with Crippen molar-refractivity contribution in [3.63, 3.8) is 0 Å². The summed E-state index contributed by atoms with van der Waals surface area (Å²) in [6.45, 7) is 3.19. The Labute approximate surface area is 172 Å². The lowest BCUT2D eigenvalue weighted by atomic mass is 10.0. The molecule has 3 nitrogen and oxygen atoms in total. The molecule has 0 amide bonds. The highest BCUT2D eigenvalue weighted by atomic mass is 32.2. The van der Waals surface area contributed by atoms with Gasteiger partial charge in [-0.3, -0.25) is 0 Å². The SMILES string of the molecule is COc1ccccc1C/C=C/C(SN1CCc2ccccc2C1)=C1/CCCN1. The zero-order chi connectivity index (χ0) is 19.2. The molecule has 2 aromatic carbocycles. The first-order valence-corrected chi connectivity index (χ1v) is 10.9. The molecule has 4 rings (SSSR count). The summed E-state index contributed by atoms with van der Waals surface area (Å²) in [4.78, 5) is 1.35. The number of fused-ring (bicyclic) bond motifs is 1. The maximum atomic E-state index is 5.49. The number of allylic oxidation sites excluding steroid dienone is 3. The smallest absolute Gasteiger partial charge is 0.122 e. The van der Waals surface area contributed by atoms with Crippen molar-refractivity contribution >= 4 is 11.9 Å². The van der Waals surface area contributed by atoms with Crippen molar-refractivity contribution in [1.29, 1.82) is 0 Å². The third kappa shape index (κ3) is 4.62. The minimum Gasteiger partial charge on any atom is -0.496 e. The predicted octanol–water partition coefficient (Wildman–Crippen LogP) is 5.10. The first kappa shape index (κ1) is 19.2. The van der Waals surface area contributed by atoms with Gasteiger partial charge in [-0.1, -0.05) is 48.5 Å². The average molecular weight is 393 g/mol. The maximum absolute atomic E-state index is 5.49. The van der Waals surface area contributed by atoms with Crippen LogP contribution in [0.2, 0.25) is 0 Å². The number of nitrogens with zero attached hydrogens (tertiary/aromatic N) is 1. The second-order valence-electron chi connectivity index (χ2n) is 7.26. The summed E-state index contributed by atoms with van der Waals surface area (Å²) in [6, 6.07) is 17.1. The minimum absolute atomic E-state index is 0.879. The van der Waals surface area contributed by atoms with E-state index >= 15 is 0 Å². The van der Waals surface area contributed by atoms with E-state index in [2.05, 4.69) is 58.2 Å². The quantitative estimate of drug-likeness (QED) is 0.692. The summed E-state index contributed by atoms with van der Waals surface area (Å²) in [7, 11) is 1.74. The Bertz CT molecular complexity index is 866. The lowest BCUT2D eigenvalue weighted by Gasteiger charge is -2.28. The third-order valence-electron chi connectivity index (χ3n) is 5.36. The molecule has 146 valence electrons. The Morgan fingerprint density at radius 1 is 1.11 bits per heavy atom. The summed E-state index contributed by atoms with van der Waals surface area (Å²) < 4.78 is 7.98. The Kier molecular flexibility index (Phi) is 6.40. The zero-order valence-corrected chi connectivity index (χ0v) is 17.3. The van der Waals surface area contributed by atoms with Crippen LogP contribution in [0.1, 0.15) is 29.5 Å². The molecule has 0 bridgehead atoms. The van der Waals surface area contributed by atoms with E-state index in [9.17, 15) is 0 Å². The lowest BCUT2D eigenvalue weighted by molar-refractivity contribution is 0.410. The molecular weight excluding hydrogens is 364 g/mol. The predicted molar refractivity (Wildman–Crippen MR) is 118 cm³/mol. The highest BCUT2D eigenvalue weighted by Crippen LogP contribution is 2.32. The molecule has 28 heavy (non-hydrogen) atoms. The van der Waals surface area contributed by atoms with Crippen molar-refractivity contribution in [1.82, 2.24) is 9.62 Å². The number of benzene rings is 2. The Morgan fingerprint density at radius 3 is 2.75 bits per heavy atom. The number of nitrogens with one attached hydrogen (secondary N) is 1. The molecule has 0 atom stereocenters. The van der Waals surface area contributed by atoms with Crippen molar-refractivity contribution in [2.45, 2.75) is 32.2 Å². The summed E-state index contributed by atoms with van der Waals surface area (Å²) >= 11 is 1.90. The van der Waals surface area contributed by atoms with Crippen LogP contribution in [0.15, 0.2) is 71.3 Å². The summed E-state index contributed by atoms with van der Waals surface area (Å²) in [5.74, 6) is 0.959. The first-order chi connectivity index (χ1) is 13.8. The van der Waals surface area contributed by atoms with E-state index < -0.39 is 0 Å². The third-order valence-corrected chi connectivity index (χ3v) is 6.51. The number of rotatable bonds is 6. The topological polar surface area (TPSA) is 24.5 Å². The van der Waals surface area contributed by atoms with Gasteiger partial charge in [-0.25, -0.2) is 4.31 Å². The molecule has 4 heteroatoms. The number of ether oxygens (including phenoxy) is 1. The van der Waals surface area contributed by atoms with Crippen LogP contribution < -0.4 is 10.1 Å². The molecule has 1 N–H and O–H groups in total. The largest absolute Gasteiger partial charge is 0.496 e. The van der Waals surface area contributed by atoms with Crippen LogP contribution in [0.5, 0.6) is 5.75 Å². The molecule has 1 fully saturated rings. The summed E-state index contributed by atoms with van der Waals surface area (Å²) in [6.07, 6.45) is 8.94. The Morgan fingerprint density at radius 2 is 1.93 bits per heavy atom. The van der Waals surface area contributed by atoms with E-state index in [1.54, 1.807) is 7.11 Å². The van der Waals surface area contributed by atoms with Gasteiger partial charge in [0.05, 0.1) is 7.11 Å². The van der Waals surface area contributed by atoms with Gasteiger partial charge in [-0.15, -0.1) is 0 Å². The van der Waals surface area contributed by atoms with E-state index in [1.165, 1.54) is 33.7 Å². The van der Waals surface area contributed by atoms with Crippen molar-refractivity contribution in [3.05, 3.63) is 88.0 Å². The molecule has 0 aromatic heterocycles. The minimum atomic E-state index is 0.879. The fraction of sp³-hybridized carbons (Fsp3) is 0.333. The van der Waals surface area contributed by atoms with E-state index in [1.807, 2.05) is 24.1 Å². The van der Waals surface area contributed by atoms with Gasteiger partial charge in [0, 0.05) is 30.2 Å². The number of hydrogen-bond acceptors (Lipinski definition) is 4. The van der Waals surface area contributed by atoms with Crippen LogP contribution in [-0.2, 0) is 19.4 Å². The lowest BCUT2D eigenvalue weighted by Crippen LogP contribution is -2.25. The molecule has 2 aliphatic rings. The van der Waals surface area contributed by atoms with Crippen LogP contribution >= 0.6 is 11.9 Å². The van der Waals surface area contributed by atoms with Gasteiger partial charge < -0.3 is 10.1 Å². The Balaban J connectivity index is 1.47. The summed E-state index contributed by atoms with van der Waals surface area (Å²) in [5.41, 5.74) is 5.57. The van der Waals surface area contributed by atoms with Crippen molar-refractivity contribution in [2.75, 3.05) is 20.2 Å². The second-order valence-corrected chi connectivity index (χ2v) is 8.40. The fourth-order valence-corrected chi connectivity index (χ4v) is 4.95. The molecule has 2 aliphatic heterocycles. The molecule has 0 radical (unpaired) electrons. The van der Waals surface area contributed by atoms with Crippen LogP contribution in [-0.4, -0.2) is 24.5 Å².